The number of carboxylic acid groups (broad SMARTS) is 1. The van der Waals surface area contributed by atoms with Gasteiger partial charge in [-0.05, 0) is 43.4 Å². The second-order valence-corrected chi connectivity index (χ2v) is 8.70. The third kappa shape index (κ3) is 6.33. The lowest BCUT2D eigenvalue weighted by atomic mass is 9.89. The van der Waals surface area contributed by atoms with Crippen LogP contribution in [0.25, 0.3) is 0 Å². The van der Waals surface area contributed by atoms with E-state index in [0.29, 0.717) is 11.9 Å². The molecular weight excluding hydrogens is 437 g/mol. The van der Waals surface area contributed by atoms with Crippen molar-refractivity contribution in [2.45, 2.75) is 56.5 Å². The molecule has 0 radical (unpaired) electrons. The number of alkyl halides is 3. The summed E-state index contributed by atoms with van der Waals surface area (Å²) in [6, 6.07) is 8.48. The summed E-state index contributed by atoms with van der Waals surface area (Å²) in [7, 11) is 0. The molecule has 1 N–H and O–H groups in total. The Morgan fingerprint density at radius 3 is 2.52 bits per heavy atom. The van der Waals surface area contributed by atoms with Crippen LogP contribution in [-0.2, 0) is 20.9 Å². The molecule has 0 bridgehead atoms. The normalized spacial score (nSPS) is 26.8. The fourth-order valence-electron chi connectivity index (χ4n) is 4.52. The average molecular weight is 463 g/mol. The van der Waals surface area contributed by atoms with Crippen LogP contribution in [0.4, 0.5) is 13.2 Å². The fourth-order valence-corrected chi connectivity index (χ4v) is 4.64. The zero-order valence-electron chi connectivity index (χ0n) is 17.0. The number of carbonyl (C=O) groups is 2. The Morgan fingerprint density at radius 1 is 1.26 bits per heavy atom. The van der Waals surface area contributed by atoms with Gasteiger partial charge in [-0.15, -0.1) is 0 Å². The van der Waals surface area contributed by atoms with Crippen molar-refractivity contribution >= 4 is 23.5 Å². The highest BCUT2D eigenvalue weighted by Crippen LogP contribution is 2.37. The molecule has 1 amide bonds. The van der Waals surface area contributed by atoms with Crippen molar-refractivity contribution in [3.8, 4) is 0 Å². The molecule has 1 aromatic rings. The van der Waals surface area contributed by atoms with Crippen LogP contribution in [0.15, 0.2) is 24.3 Å². The van der Waals surface area contributed by atoms with Gasteiger partial charge in [-0.3, -0.25) is 9.69 Å². The lowest BCUT2D eigenvalue weighted by Gasteiger charge is -2.41. The predicted molar refractivity (Wildman–Crippen MR) is 108 cm³/mol. The van der Waals surface area contributed by atoms with E-state index >= 15 is 0 Å². The maximum Gasteiger partial charge on any atom is 0.490 e. The van der Waals surface area contributed by atoms with Gasteiger partial charge >= 0.3 is 12.1 Å². The minimum atomic E-state index is -5.08. The van der Waals surface area contributed by atoms with Gasteiger partial charge in [0.1, 0.15) is 0 Å². The number of halogens is 4. The van der Waals surface area contributed by atoms with E-state index in [1.165, 1.54) is 5.56 Å². The molecule has 0 saturated carbocycles. The molecule has 4 rings (SSSR count). The number of hydrogen-bond acceptors (Lipinski definition) is 4. The molecule has 3 aliphatic rings. The van der Waals surface area contributed by atoms with Crippen LogP contribution >= 0.6 is 11.6 Å². The van der Waals surface area contributed by atoms with Crippen LogP contribution in [0.3, 0.4) is 0 Å². The van der Waals surface area contributed by atoms with Crippen molar-refractivity contribution in [2.75, 3.05) is 26.2 Å². The van der Waals surface area contributed by atoms with Gasteiger partial charge in [0.25, 0.3) is 0 Å². The Hall–Kier alpha value is -1.84. The zero-order chi connectivity index (χ0) is 22.6. The summed E-state index contributed by atoms with van der Waals surface area (Å²) in [5.41, 5.74) is 1.23. The number of aliphatic carboxylic acids is 1. The third-order valence-corrected chi connectivity index (χ3v) is 6.23. The van der Waals surface area contributed by atoms with Gasteiger partial charge in [0.2, 0.25) is 5.91 Å². The van der Waals surface area contributed by atoms with Crippen molar-refractivity contribution in [1.29, 1.82) is 0 Å². The second-order valence-electron chi connectivity index (χ2n) is 8.26. The fraction of sp³-hybridized carbons (Fsp3) is 0.619. The molecule has 1 aromatic carbocycles. The molecule has 0 aliphatic carbocycles. The molecule has 31 heavy (non-hydrogen) atoms. The molecule has 0 aromatic heterocycles. The number of carbonyl (C=O) groups excluding carboxylic acids is 1. The minimum absolute atomic E-state index is 0.0573. The minimum Gasteiger partial charge on any atom is -0.475 e. The van der Waals surface area contributed by atoms with Gasteiger partial charge in [-0.25, -0.2) is 4.79 Å². The Balaban J connectivity index is 0.000000339. The summed E-state index contributed by atoms with van der Waals surface area (Å²) in [5, 5.41) is 7.91. The maximum absolute atomic E-state index is 12.1. The van der Waals surface area contributed by atoms with Crippen molar-refractivity contribution in [3.63, 3.8) is 0 Å². The molecule has 3 aliphatic heterocycles. The first-order valence-electron chi connectivity index (χ1n) is 10.3. The van der Waals surface area contributed by atoms with Gasteiger partial charge in [0.05, 0.1) is 5.60 Å². The Bertz CT molecular complexity index is 790. The van der Waals surface area contributed by atoms with Crippen LogP contribution in [0.2, 0.25) is 5.02 Å². The van der Waals surface area contributed by atoms with Crippen LogP contribution in [0.1, 0.15) is 37.7 Å². The summed E-state index contributed by atoms with van der Waals surface area (Å²) < 4.78 is 38.0. The van der Waals surface area contributed by atoms with E-state index in [2.05, 4.69) is 21.9 Å². The first-order valence-corrected chi connectivity index (χ1v) is 10.7. The molecule has 2 atom stereocenters. The Kier molecular flexibility index (Phi) is 7.49. The first-order chi connectivity index (χ1) is 14.6. The van der Waals surface area contributed by atoms with Crippen molar-refractivity contribution in [3.05, 3.63) is 34.9 Å². The van der Waals surface area contributed by atoms with Crippen molar-refractivity contribution < 1.29 is 32.6 Å². The highest BCUT2D eigenvalue weighted by atomic mass is 35.5. The van der Waals surface area contributed by atoms with Gasteiger partial charge in [0, 0.05) is 50.3 Å². The molecule has 3 fully saturated rings. The van der Waals surface area contributed by atoms with Gasteiger partial charge < -0.3 is 14.7 Å². The van der Waals surface area contributed by atoms with Crippen LogP contribution in [0, 0.1) is 0 Å². The number of likely N-dealkylation sites (tertiary alicyclic amines) is 2. The van der Waals surface area contributed by atoms with Crippen LogP contribution in [-0.4, -0.2) is 70.8 Å². The molecule has 3 heterocycles. The maximum atomic E-state index is 12.1. The highest BCUT2D eigenvalue weighted by molar-refractivity contribution is 6.30. The van der Waals surface area contributed by atoms with Crippen molar-refractivity contribution in [1.82, 2.24) is 9.80 Å². The van der Waals surface area contributed by atoms with Gasteiger partial charge in [0.15, 0.2) is 0 Å². The van der Waals surface area contributed by atoms with Crippen LogP contribution in [0.5, 0.6) is 0 Å². The smallest absolute Gasteiger partial charge is 0.475 e. The van der Waals surface area contributed by atoms with E-state index in [1.54, 1.807) is 0 Å². The number of benzene rings is 1. The third-order valence-electron chi connectivity index (χ3n) is 5.98. The van der Waals surface area contributed by atoms with E-state index in [9.17, 15) is 18.0 Å². The number of carboxylic acids is 1. The van der Waals surface area contributed by atoms with Gasteiger partial charge in [-0.2, -0.15) is 13.2 Å². The molecule has 10 heteroatoms. The molecule has 0 unspecified atom stereocenters. The largest absolute Gasteiger partial charge is 0.490 e. The number of amides is 1. The second kappa shape index (κ2) is 9.75. The number of rotatable bonds is 3. The number of nitrogens with zero attached hydrogens (tertiary/aromatic N) is 2. The SMILES string of the molecule is O=C(O)C(F)(F)F.O=C1CCCN1[C@@H]1CCO[C@]2(CCN(Cc3ccc(Cl)cc3)C2)C1. The Morgan fingerprint density at radius 2 is 1.94 bits per heavy atom. The molecule has 3 saturated heterocycles. The summed E-state index contributed by atoms with van der Waals surface area (Å²) in [6.45, 7) is 4.68. The van der Waals surface area contributed by atoms with Crippen LogP contribution < -0.4 is 0 Å². The molecule has 6 nitrogen and oxygen atoms in total. The summed E-state index contributed by atoms with van der Waals surface area (Å²) in [4.78, 5) is 25.6. The van der Waals surface area contributed by atoms with E-state index in [1.807, 2.05) is 12.1 Å². The summed E-state index contributed by atoms with van der Waals surface area (Å²) in [5.74, 6) is -2.42. The quantitative estimate of drug-likeness (QED) is 0.741. The van der Waals surface area contributed by atoms with E-state index in [-0.39, 0.29) is 5.60 Å². The topological polar surface area (TPSA) is 70.1 Å². The highest BCUT2D eigenvalue weighted by Gasteiger charge is 2.45. The summed E-state index contributed by atoms with van der Waals surface area (Å²) in [6.07, 6.45) is -0.279. The predicted octanol–water partition coefficient (Wildman–Crippen LogP) is 3.72. The number of hydrogen-bond donors (Lipinski definition) is 1. The monoisotopic (exact) mass is 462 g/mol. The average Bonchev–Trinajstić information content (AvgIpc) is 3.30. The number of ether oxygens (including phenoxy) is 1. The Labute approximate surface area is 183 Å². The van der Waals surface area contributed by atoms with Gasteiger partial charge in [-0.1, -0.05) is 23.7 Å². The first kappa shape index (κ1) is 23.8. The summed E-state index contributed by atoms with van der Waals surface area (Å²) >= 11 is 5.97. The lowest BCUT2D eigenvalue weighted by Crippen LogP contribution is -2.50. The zero-order valence-corrected chi connectivity index (χ0v) is 17.8. The molecule has 172 valence electrons. The standard InChI is InChI=1S/C19H25ClN2O2.C2HF3O2/c20-16-5-3-15(4-6-16)13-21-10-8-19(14-21)12-17(7-11-24-19)22-9-1-2-18(22)23;3-2(4,5)1(6)7/h3-6,17H,1-2,7-14H2;(H,6,7)/t17-,19-;/m1./s1. The van der Waals surface area contributed by atoms with E-state index in [4.69, 9.17) is 26.2 Å². The van der Waals surface area contributed by atoms with Crippen molar-refractivity contribution in [2.24, 2.45) is 0 Å². The molecular formula is C21H26ClF3N2O4. The van der Waals surface area contributed by atoms with E-state index in [0.717, 1.165) is 69.9 Å². The molecule has 1 spiro atoms. The van der Waals surface area contributed by atoms with E-state index < -0.39 is 12.1 Å². The lowest BCUT2D eigenvalue weighted by molar-refractivity contribution is -0.192.